The molecule has 2 aliphatic rings. The molecule has 0 amide bonds. The molecular weight excluding hydrogens is 216 g/mol. The van der Waals surface area contributed by atoms with E-state index in [1.807, 2.05) is 4.90 Å². The highest BCUT2D eigenvalue weighted by Gasteiger charge is 2.11. The van der Waals surface area contributed by atoms with Crippen molar-refractivity contribution in [1.29, 1.82) is 0 Å². The van der Waals surface area contributed by atoms with E-state index in [4.69, 9.17) is 0 Å². The minimum atomic E-state index is 0.464. The third kappa shape index (κ3) is 5.19. The Labute approximate surface area is 104 Å². The van der Waals surface area contributed by atoms with Gasteiger partial charge in [0.25, 0.3) is 0 Å². The Hall–Kier alpha value is -1.07. The topological polar surface area (TPSA) is 38.8 Å². The zero-order chi connectivity index (χ0) is 12.7. The molecule has 98 valence electrons. The van der Waals surface area contributed by atoms with Crippen molar-refractivity contribution in [3.05, 3.63) is 12.4 Å². The van der Waals surface area contributed by atoms with Crippen LogP contribution >= 0.6 is 0 Å². The van der Waals surface area contributed by atoms with E-state index in [0.717, 1.165) is 25.2 Å². The Bertz CT molecular complexity index is 239. The van der Waals surface area contributed by atoms with Gasteiger partial charge in [-0.25, -0.2) is 0 Å². The van der Waals surface area contributed by atoms with Crippen LogP contribution in [0.25, 0.3) is 0 Å². The fourth-order valence-electron chi connectivity index (χ4n) is 1.78. The van der Waals surface area contributed by atoms with E-state index in [0.29, 0.717) is 6.54 Å². The molecule has 0 aliphatic carbocycles. The SMILES string of the molecule is C=C1NCCN1CC=O.CN1CCN(C)CC1. The Morgan fingerprint density at radius 1 is 1.18 bits per heavy atom. The van der Waals surface area contributed by atoms with Gasteiger partial charge in [0.2, 0.25) is 0 Å². The lowest BCUT2D eigenvalue weighted by atomic mass is 10.4. The van der Waals surface area contributed by atoms with Crippen molar-refractivity contribution in [3.63, 3.8) is 0 Å². The van der Waals surface area contributed by atoms with E-state index in [1.165, 1.54) is 26.2 Å². The van der Waals surface area contributed by atoms with Crippen molar-refractivity contribution in [2.24, 2.45) is 0 Å². The third-order valence-electron chi connectivity index (χ3n) is 3.11. The number of piperazine rings is 1. The van der Waals surface area contributed by atoms with E-state index >= 15 is 0 Å². The van der Waals surface area contributed by atoms with E-state index in [2.05, 4.69) is 35.8 Å². The molecule has 2 heterocycles. The molecule has 17 heavy (non-hydrogen) atoms. The van der Waals surface area contributed by atoms with Gasteiger partial charge in [0.05, 0.1) is 12.4 Å². The van der Waals surface area contributed by atoms with E-state index in [-0.39, 0.29) is 0 Å². The van der Waals surface area contributed by atoms with Crippen molar-refractivity contribution < 1.29 is 4.79 Å². The summed E-state index contributed by atoms with van der Waals surface area (Å²) in [5, 5.41) is 3.03. The van der Waals surface area contributed by atoms with Crippen molar-refractivity contribution in [3.8, 4) is 0 Å². The van der Waals surface area contributed by atoms with E-state index in [1.54, 1.807) is 0 Å². The van der Waals surface area contributed by atoms with Crippen molar-refractivity contribution >= 4 is 6.29 Å². The molecule has 2 rings (SSSR count). The number of carbonyl (C=O) groups is 1. The molecule has 5 heteroatoms. The lowest BCUT2D eigenvalue weighted by molar-refractivity contribution is -0.108. The quantitative estimate of drug-likeness (QED) is 0.654. The lowest BCUT2D eigenvalue weighted by Crippen LogP contribution is -2.42. The highest BCUT2D eigenvalue weighted by Crippen LogP contribution is 2.01. The maximum Gasteiger partial charge on any atom is 0.139 e. The van der Waals surface area contributed by atoms with Crippen LogP contribution in [0.15, 0.2) is 12.4 Å². The number of likely N-dealkylation sites (N-methyl/N-ethyl adjacent to an activating group) is 2. The van der Waals surface area contributed by atoms with Crippen LogP contribution in [0.2, 0.25) is 0 Å². The molecule has 1 N–H and O–H groups in total. The molecule has 0 atom stereocenters. The molecule has 2 aliphatic heterocycles. The van der Waals surface area contributed by atoms with Gasteiger partial charge in [-0.2, -0.15) is 0 Å². The van der Waals surface area contributed by atoms with Crippen LogP contribution in [0.5, 0.6) is 0 Å². The molecular formula is C12H24N4O. The Morgan fingerprint density at radius 2 is 1.71 bits per heavy atom. The molecule has 0 unspecified atom stereocenters. The summed E-state index contributed by atoms with van der Waals surface area (Å²) in [7, 11) is 4.35. The van der Waals surface area contributed by atoms with Crippen molar-refractivity contribution in [2.45, 2.75) is 0 Å². The molecule has 2 saturated heterocycles. The average molecular weight is 240 g/mol. The van der Waals surface area contributed by atoms with Crippen LogP contribution < -0.4 is 5.32 Å². The van der Waals surface area contributed by atoms with Gasteiger partial charge in [-0.15, -0.1) is 0 Å². The normalized spacial score (nSPS) is 21.8. The molecule has 5 nitrogen and oxygen atoms in total. The summed E-state index contributed by atoms with van der Waals surface area (Å²) in [5.41, 5.74) is 0. The molecule has 0 aromatic carbocycles. The van der Waals surface area contributed by atoms with Crippen LogP contribution in [-0.2, 0) is 4.79 Å². The number of aldehydes is 1. The number of hydrogen-bond donors (Lipinski definition) is 1. The number of nitrogens with one attached hydrogen (secondary N) is 1. The first-order chi connectivity index (χ1) is 8.13. The van der Waals surface area contributed by atoms with E-state index < -0.39 is 0 Å². The number of carbonyl (C=O) groups excluding carboxylic acids is 1. The maximum absolute atomic E-state index is 10.00. The average Bonchev–Trinajstić information content (AvgIpc) is 2.71. The van der Waals surface area contributed by atoms with Gasteiger partial charge in [-0.3, -0.25) is 0 Å². The standard InChI is InChI=1S/C6H10N2O.C6H14N2/c1-6-7-2-3-8(6)4-5-9;1-7-3-5-8(2)6-4-7/h5,7H,1-4H2;3-6H2,1-2H3. The lowest BCUT2D eigenvalue weighted by Gasteiger charge is -2.28. The highest BCUT2D eigenvalue weighted by atomic mass is 16.1. The van der Waals surface area contributed by atoms with Crippen LogP contribution in [-0.4, -0.2) is 80.9 Å². The van der Waals surface area contributed by atoms with Crippen LogP contribution in [0, 0.1) is 0 Å². The zero-order valence-electron chi connectivity index (χ0n) is 11.0. The van der Waals surface area contributed by atoms with Crippen LogP contribution in [0.1, 0.15) is 0 Å². The largest absolute Gasteiger partial charge is 0.370 e. The molecule has 0 bridgehead atoms. The third-order valence-corrected chi connectivity index (χ3v) is 3.11. The van der Waals surface area contributed by atoms with Gasteiger partial charge in [-0.1, -0.05) is 6.58 Å². The number of nitrogens with zero attached hydrogens (tertiary/aromatic N) is 3. The van der Waals surface area contributed by atoms with Gasteiger partial charge >= 0.3 is 0 Å². The summed E-state index contributed by atoms with van der Waals surface area (Å²) in [6, 6.07) is 0. The second-order valence-electron chi connectivity index (χ2n) is 4.59. The zero-order valence-corrected chi connectivity index (χ0v) is 11.0. The molecule has 2 fully saturated rings. The summed E-state index contributed by atoms with van der Waals surface area (Å²) in [6.07, 6.45) is 0.887. The van der Waals surface area contributed by atoms with E-state index in [9.17, 15) is 4.79 Å². The highest BCUT2D eigenvalue weighted by molar-refractivity contribution is 5.52. The van der Waals surface area contributed by atoms with Gasteiger partial charge in [-0.05, 0) is 14.1 Å². The smallest absolute Gasteiger partial charge is 0.139 e. The van der Waals surface area contributed by atoms with Crippen LogP contribution in [0.3, 0.4) is 0 Å². The minimum Gasteiger partial charge on any atom is -0.370 e. The van der Waals surface area contributed by atoms with Gasteiger partial charge in [0, 0.05) is 39.3 Å². The number of hydrogen-bond acceptors (Lipinski definition) is 5. The summed E-state index contributed by atoms with van der Waals surface area (Å²) >= 11 is 0. The van der Waals surface area contributed by atoms with Crippen molar-refractivity contribution in [2.75, 3.05) is 59.9 Å². The molecule has 0 aromatic rings. The molecule has 0 aromatic heterocycles. The summed E-state index contributed by atoms with van der Waals surface area (Å²) in [6.45, 7) is 10.9. The summed E-state index contributed by atoms with van der Waals surface area (Å²) in [4.78, 5) is 16.6. The van der Waals surface area contributed by atoms with Crippen LogP contribution in [0.4, 0.5) is 0 Å². The van der Waals surface area contributed by atoms with Gasteiger partial charge in [0.1, 0.15) is 6.29 Å². The molecule has 0 radical (unpaired) electrons. The summed E-state index contributed by atoms with van der Waals surface area (Å²) < 4.78 is 0. The van der Waals surface area contributed by atoms with Gasteiger partial charge in [0.15, 0.2) is 0 Å². The first-order valence-electron chi connectivity index (χ1n) is 6.12. The second kappa shape index (κ2) is 7.29. The fourth-order valence-corrected chi connectivity index (χ4v) is 1.78. The molecule has 0 spiro atoms. The Morgan fingerprint density at radius 3 is 2.06 bits per heavy atom. The predicted octanol–water partition coefficient (Wildman–Crippen LogP) is -0.575. The summed E-state index contributed by atoms with van der Waals surface area (Å²) in [5.74, 6) is 0.863. The Balaban J connectivity index is 0.000000171. The van der Waals surface area contributed by atoms with Gasteiger partial charge < -0.3 is 24.8 Å². The monoisotopic (exact) mass is 240 g/mol. The first-order valence-corrected chi connectivity index (χ1v) is 6.12. The number of rotatable bonds is 2. The minimum absolute atomic E-state index is 0.464. The maximum atomic E-state index is 10.00. The fraction of sp³-hybridized carbons (Fsp3) is 0.750. The van der Waals surface area contributed by atoms with Crippen molar-refractivity contribution in [1.82, 2.24) is 20.0 Å². The second-order valence-corrected chi connectivity index (χ2v) is 4.59. The Kier molecular flexibility index (Phi) is 6.00. The first kappa shape index (κ1) is 14.0. The predicted molar refractivity (Wildman–Crippen MR) is 69.8 cm³/mol. The molecule has 0 saturated carbocycles.